The van der Waals surface area contributed by atoms with Gasteiger partial charge < -0.3 is 19.5 Å². The lowest BCUT2D eigenvalue weighted by molar-refractivity contribution is -0.118. The van der Waals surface area contributed by atoms with E-state index in [1.165, 1.54) is 0 Å². The van der Waals surface area contributed by atoms with E-state index in [9.17, 15) is 13.2 Å². The second-order valence-electron chi connectivity index (χ2n) is 10.5. The molecule has 3 aromatic rings. The molecular formula is C30H32N2O6S. The third-order valence-corrected chi connectivity index (χ3v) is 10.0. The molecule has 9 heteroatoms. The highest BCUT2D eigenvalue weighted by Gasteiger charge is 2.51. The number of fused-ring (bicyclic) bond motifs is 1. The van der Waals surface area contributed by atoms with Crippen molar-refractivity contribution < 1.29 is 27.4 Å². The molecule has 1 atom stereocenters. The first kappa shape index (κ1) is 25.9. The van der Waals surface area contributed by atoms with E-state index in [0.29, 0.717) is 30.3 Å². The number of carbonyl (C=O) groups excluding carboxylic acids is 1. The number of rotatable bonds is 8. The topological polar surface area (TPSA) is 94.2 Å². The number of nitrogens with one attached hydrogen (secondary N) is 1. The summed E-state index contributed by atoms with van der Waals surface area (Å²) in [4.78, 5) is 13.7. The SMILES string of the molecule is COC[C@H]1CCCN1S(=O)(=O)c1ccc(-c2cc(NC(=O)C3(c4ccc5c(c4)OCO5)CC3)ccc2C)cc1. The quantitative estimate of drug-likeness (QED) is 0.432. The highest BCUT2D eigenvalue weighted by atomic mass is 32.2. The Morgan fingerprint density at radius 2 is 1.82 bits per heavy atom. The van der Waals surface area contributed by atoms with Gasteiger partial charge in [0.25, 0.3) is 0 Å². The van der Waals surface area contributed by atoms with Crippen LogP contribution in [0.1, 0.15) is 36.8 Å². The van der Waals surface area contributed by atoms with Crippen molar-refractivity contribution in [3.63, 3.8) is 0 Å². The maximum atomic E-state index is 13.4. The van der Waals surface area contributed by atoms with E-state index in [0.717, 1.165) is 47.9 Å². The minimum atomic E-state index is -3.60. The average Bonchev–Trinajstić information content (AvgIpc) is 3.38. The van der Waals surface area contributed by atoms with E-state index < -0.39 is 15.4 Å². The second-order valence-corrected chi connectivity index (χ2v) is 12.4. The molecule has 8 nitrogen and oxygen atoms in total. The van der Waals surface area contributed by atoms with E-state index in [4.69, 9.17) is 14.2 Å². The third kappa shape index (κ3) is 4.68. The molecule has 0 bridgehead atoms. The smallest absolute Gasteiger partial charge is 0.243 e. The molecule has 1 saturated carbocycles. The molecule has 0 unspecified atom stereocenters. The van der Waals surface area contributed by atoms with Crippen molar-refractivity contribution >= 4 is 21.6 Å². The van der Waals surface area contributed by atoms with Gasteiger partial charge in [0.15, 0.2) is 11.5 Å². The van der Waals surface area contributed by atoms with Crippen molar-refractivity contribution in [2.45, 2.75) is 49.0 Å². The molecule has 39 heavy (non-hydrogen) atoms. The molecule has 1 aliphatic carbocycles. The van der Waals surface area contributed by atoms with Crippen LogP contribution in [0.4, 0.5) is 5.69 Å². The molecule has 6 rings (SSSR count). The summed E-state index contributed by atoms with van der Waals surface area (Å²) in [7, 11) is -2.01. The Hall–Kier alpha value is -3.40. The van der Waals surface area contributed by atoms with Gasteiger partial charge in [-0.05, 0) is 91.3 Å². The van der Waals surface area contributed by atoms with Crippen molar-refractivity contribution in [1.29, 1.82) is 0 Å². The number of hydrogen-bond acceptors (Lipinski definition) is 6. The van der Waals surface area contributed by atoms with Crippen LogP contribution < -0.4 is 14.8 Å². The Morgan fingerprint density at radius 3 is 2.56 bits per heavy atom. The normalized spacial score (nSPS) is 19.7. The van der Waals surface area contributed by atoms with Gasteiger partial charge in [0.1, 0.15) is 0 Å². The zero-order valence-corrected chi connectivity index (χ0v) is 22.9. The first-order valence-corrected chi connectivity index (χ1v) is 14.7. The summed E-state index contributed by atoms with van der Waals surface area (Å²) >= 11 is 0. The molecule has 2 aliphatic heterocycles. The molecule has 1 N–H and O–H groups in total. The Balaban J connectivity index is 1.21. The zero-order valence-electron chi connectivity index (χ0n) is 22.1. The Kier molecular flexibility index (Phi) is 6.61. The molecule has 2 fully saturated rings. The number of nitrogens with zero attached hydrogens (tertiary/aromatic N) is 1. The van der Waals surface area contributed by atoms with Gasteiger partial charge in [-0.2, -0.15) is 4.31 Å². The molecule has 1 saturated heterocycles. The van der Waals surface area contributed by atoms with Gasteiger partial charge in [-0.25, -0.2) is 8.42 Å². The maximum Gasteiger partial charge on any atom is 0.243 e. The van der Waals surface area contributed by atoms with Crippen LogP contribution in [0.25, 0.3) is 11.1 Å². The largest absolute Gasteiger partial charge is 0.454 e. The first-order valence-electron chi connectivity index (χ1n) is 13.3. The molecule has 3 aliphatic rings. The molecule has 0 aromatic heterocycles. The predicted octanol–water partition coefficient (Wildman–Crippen LogP) is 4.86. The summed E-state index contributed by atoms with van der Waals surface area (Å²) in [6.07, 6.45) is 3.18. The molecular weight excluding hydrogens is 516 g/mol. The van der Waals surface area contributed by atoms with E-state index in [1.54, 1.807) is 23.5 Å². The number of anilines is 1. The van der Waals surface area contributed by atoms with Crippen LogP contribution in [-0.4, -0.2) is 51.7 Å². The summed E-state index contributed by atoms with van der Waals surface area (Å²) in [6.45, 7) is 3.10. The van der Waals surface area contributed by atoms with Gasteiger partial charge in [0.05, 0.1) is 16.9 Å². The lowest BCUT2D eigenvalue weighted by atomic mass is 9.94. The number of methoxy groups -OCH3 is 1. The Bertz CT molecular complexity index is 1510. The number of hydrogen-bond donors (Lipinski definition) is 1. The van der Waals surface area contributed by atoms with Crippen LogP contribution in [0.3, 0.4) is 0 Å². The van der Waals surface area contributed by atoms with Crippen molar-refractivity contribution in [3.05, 3.63) is 71.8 Å². The summed E-state index contributed by atoms with van der Waals surface area (Å²) in [6, 6.07) is 18.4. The summed E-state index contributed by atoms with van der Waals surface area (Å²) < 4.78 is 44.3. The van der Waals surface area contributed by atoms with Crippen LogP contribution in [0, 0.1) is 6.92 Å². The number of carbonyl (C=O) groups is 1. The second kappa shape index (κ2) is 9.97. The van der Waals surface area contributed by atoms with Gasteiger partial charge in [-0.15, -0.1) is 0 Å². The van der Waals surface area contributed by atoms with Gasteiger partial charge in [0, 0.05) is 25.4 Å². The number of benzene rings is 3. The van der Waals surface area contributed by atoms with Crippen LogP contribution in [-0.2, 0) is 25.0 Å². The van der Waals surface area contributed by atoms with Crippen molar-refractivity contribution in [2.24, 2.45) is 0 Å². The molecule has 2 heterocycles. The molecule has 0 radical (unpaired) electrons. The van der Waals surface area contributed by atoms with E-state index >= 15 is 0 Å². The Labute approximate surface area is 228 Å². The van der Waals surface area contributed by atoms with Crippen molar-refractivity contribution in [1.82, 2.24) is 4.31 Å². The van der Waals surface area contributed by atoms with Crippen molar-refractivity contribution in [2.75, 3.05) is 32.4 Å². The first-order chi connectivity index (χ1) is 18.8. The monoisotopic (exact) mass is 548 g/mol. The molecule has 0 spiro atoms. The van der Waals surface area contributed by atoms with Gasteiger partial charge in [-0.3, -0.25) is 4.79 Å². The fraction of sp³-hybridized carbons (Fsp3) is 0.367. The van der Waals surface area contributed by atoms with Gasteiger partial charge in [0.2, 0.25) is 22.7 Å². The molecule has 204 valence electrons. The standard InChI is InChI=1S/C30H32N2O6S/c1-20-5-9-23(31-29(33)30(13-14-30)22-8-12-27-28(16-22)38-19-37-27)17-26(20)21-6-10-25(11-7-21)39(34,35)32-15-3-4-24(32)18-36-2/h5-12,16-17,24H,3-4,13-15,18-19H2,1-2H3,(H,31,33)/t24-/m1/s1. The van der Waals surface area contributed by atoms with Crippen LogP contribution in [0.5, 0.6) is 11.5 Å². The number of ether oxygens (including phenoxy) is 3. The zero-order chi connectivity index (χ0) is 27.2. The summed E-state index contributed by atoms with van der Waals surface area (Å²) in [5.74, 6) is 1.33. The van der Waals surface area contributed by atoms with E-state index in [-0.39, 0.29) is 23.6 Å². The van der Waals surface area contributed by atoms with Crippen LogP contribution in [0.15, 0.2) is 65.6 Å². The van der Waals surface area contributed by atoms with E-state index in [1.807, 2.05) is 55.5 Å². The fourth-order valence-electron chi connectivity index (χ4n) is 5.65. The predicted molar refractivity (Wildman–Crippen MR) is 148 cm³/mol. The van der Waals surface area contributed by atoms with E-state index in [2.05, 4.69) is 5.32 Å². The number of amides is 1. The molecule has 1 amide bonds. The van der Waals surface area contributed by atoms with Crippen molar-refractivity contribution in [3.8, 4) is 22.6 Å². The lowest BCUT2D eigenvalue weighted by Crippen LogP contribution is -2.38. The summed E-state index contributed by atoms with van der Waals surface area (Å²) in [5, 5.41) is 3.11. The average molecular weight is 549 g/mol. The van der Waals surface area contributed by atoms with Gasteiger partial charge >= 0.3 is 0 Å². The van der Waals surface area contributed by atoms with Gasteiger partial charge in [-0.1, -0.05) is 24.3 Å². The fourth-order valence-corrected chi connectivity index (χ4v) is 7.33. The lowest BCUT2D eigenvalue weighted by Gasteiger charge is -2.23. The van der Waals surface area contributed by atoms with Crippen LogP contribution >= 0.6 is 0 Å². The third-order valence-electron chi connectivity index (χ3n) is 8.06. The highest BCUT2D eigenvalue weighted by Crippen LogP contribution is 2.51. The molecule has 3 aromatic carbocycles. The maximum absolute atomic E-state index is 13.4. The minimum absolute atomic E-state index is 0.0474. The van der Waals surface area contributed by atoms with Crippen LogP contribution in [0.2, 0.25) is 0 Å². The number of sulfonamides is 1. The highest BCUT2D eigenvalue weighted by molar-refractivity contribution is 7.89. The number of aryl methyl sites for hydroxylation is 1. The summed E-state index contributed by atoms with van der Waals surface area (Å²) in [5.41, 5.74) is 3.90. The Morgan fingerprint density at radius 1 is 1.05 bits per heavy atom. The minimum Gasteiger partial charge on any atom is -0.454 e.